The van der Waals surface area contributed by atoms with Crippen molar-refractivity contribution < 1.29 is 18.7 Å². The standard InChI is InChI=1S/C21H26F2N4O2/c1-5-19(29)26-10-12-27(13-11-26)20(24-14-15(2)28)16(3)25-18-8-6-17(7-9-18)21(4,22)23/h5-9,14,25,28H,1,3,10-13H2,2,4H3/b15-14+,24-20+. The highest BCUT2D eigenvalue weighted by atomic mass is 19.3. The number of aliphatic hydroxyl groups is 1. The third-order valence-electron chi connectivity index (χ3n) is 4.40. The summed E-state index contributed by atoms with van der Waals surface area (Å²) < 4.78 is 26.8. The van der Waals surface area contributed by atoms with Crippen molar-refractivity contribution in [3.05, 3.63) is 66.7 Å². The summed E-state index contributed by atoms with van der Waals surface area (Å²) >= 11 is 0. The lowest BCUT2D eigenvalue weighted by atomic mass is 10.1. The summed E-state index contributed by atoms with van der Waals surface area (Å²) in [5.74, 6) is -2.51. The molecule has 0 saturated carbocycles. The quantitative estimate of drug-likeness (QED) is 0.327. The molecule has 0 unspecified atom stereocenters. The zero-order chi connectivity index (χ0) is 21.6. The molecule has 0 atom stereocenters. The Morgan fingerprint density at radius 1 is 1.21 bits per heavy atom. The smallest absolute Gasteiger partial charge is 0.270 e. The highest BCUT2D eigenvalue weighted by Gasteiger charge is 2.25. The van der Waals surface area contributed by atoms with Crippen molar-refractivity contribution >= 4 is 17.4 Å². The molecular weight excluding hydrogens is 378 g/mol. The first-order chi connectivity index (χ1) is 13.6. The van der Waals surface area contributed by atoms with Gasteiger partial charge in [-0.25, -0.2) is 13.8 Å². The number of anilines is 1. The third kappa shape index (κ3) is 6.17. The Balaban J connectivity index is 2.15. The van der Waals surface area contributed by atoms with Crippen molar-refractivity contribution in [2.24, 2.45) is 4.99 Å². The van der Waals surface area contributed by atoms with Gasteiger partial charge in [-0.2, -0.15) is 0 Å². The predicted molar refractivity (Wildman–Crippen MR) is 111 cm³/mol. The fourth-order valence-electron chi connectivity index (χ4n) is 2.85. The minimum absolute atomic E-state index is 0.0327. The Morgan fingerprint density at radius 3 is 2.24 bits per heavy atom. The molecule has 1 aromatic carbocycles. The summed E-state index contributed by atoms with van der Waals surface area (Å²) in [6, 6.07) is 5.79. The van der Waals surface area contributed by atoms with Gasteiger partial charge in [-0.1, -0.05) is 25.3 Å². The summed E-state index contributed by atoms with van der Waals surface area (Å²) in [5, 5.41) is 12.5. The molecular formula is C21H26F2N4O2. The number of amides is 1. The van der Waals surface area contributed by atoms with E-state index in [0.29, 0.717) is 43.4 Å². The van der Waals surface area contributed by atoms with Gasteiger partial charge in [0.2, 0.25) is 5.91 Å². The lowest BCUT2D eigenvalue weighted by molar-refractivity contribution is -0.127. The zero-order valence-corrected chi connectivity index (χ0v) is 16.7. The number of halogens is 2. The van der Waals surface area contributed by atoms with Crippen LogP contribution >= 0.6 is 0 Å². The van der Waals surface area contributed by atoms with Crippen LogP contribution in [0.2, 0.25) is 0 Å². The second-order valence-electron chi connectivity index (χ2n) is 6.81. The van der Waals surface area contributed by atoms with Gasteiger partial charge in [0.05, 0.1) is 11.9 Å². The molecule has 1 heterocycles. The molecule has 29 heavy (non-hydrogen) atoms. The number of allylic oxidation sites excluding steroid dienone is 1. The normalized spacial score (nSPS) is 15.9. The van der Waals surface area contributed by atoms with Gasteiger partial charge < -0.3 is 20.2 Å². The fourth-order valence-corrected chi connectivity index (χ4v) is 2.85. The number of carbonyl (C=O) groups excluding carboxylic acids is 1. The number of nitrogens with zero attached hydrogens (tertiary/aromatic N) is 3. The van der Waals surface area contributed by atoms with E-state index in [1.54, 1.807) is 17.0 Å². The Kier molecular flexibility index (Phi) is 7.14. The van der Waals surface area contributed by atoms with Crippen LogP contribution in [-0.2, 0) is 10.7 Å². The maximum atomic E-state index is 13.4. The minimum Gasteiger partial charge on any atom is -0.511 e. The fraction of sp³-hybridized carbons (Fsp3) is 0.333. The first-order valence-corrected chi connectivity index (χ1v) is 9.16. The number of carbonyl (C=O) groups is 1. The van der Waals surface area contributed by atoms with Crippen LogP contribution in [0.25, 0.3) is 0 Å². The number of hydrogen-bond acceptors (Lipinski definition) is 4. The first kappa shape index (κ1) is 22.1. The van der Waals surface area contributed by atoms with Crippen molar-refractivity contribution in [3.63, 3.8) is 0 Å². The molecule has 8 heteroatoms. The van der Waals surface area contributed by atoms with Crippen molar-refractivity contribution in [3.8, 4) is 0 Å². The Morgan fingerprint density at radius 2 is 1.76 bits per heavy atom. The molecule has 0 aromatic heterocycles. The number of aliphatic imine (C=N–C) groups is 1. The van der Waals surface area contributed by atoms with Gasteiger partial charge in [0.15, 0.2) is 5.84 Å². The molecule has 2 rings (SSSR count). The minimum atomic E-state index is -2.91. The number of benzene rings is 1. The van der Waals surface area contributed by atoms with Gasteiger partial charge in [-0.3, -0.25) is 4.79 Å². The van der Waals surface area contributed by atoms with Crippen LogP contribution in [-0.4, -0.2) is 52.8 Å². The van der Waals surface area contributed by atoms with Crippen LogP contribution in [0, 0.1) is 0 Å². The van der Waals surface area contributed by atoms with E-state index in [1.807, 2.05) is 4.90 Å². The molecule has 156 valence electrons. The Hall–Kier alpha value is -3.16. The largest absolute Gasteiger partial charge is 0.511 e. The van der Waals surface area contributed by atoms with E-state index >= 15 is 0 Å². The lowest BCUT2D eigenvalue weighted by Crippen LogP contribution is -2.51. The molecule has 0 radical (unpaired) electrons. The second-order valence-corrected chi connectivity index (χ2v) is 6.81. The van der Waals surface area contributed by atoms with E-state index in [-0.39, 0.29) is 17.2 Å². The predicted octanol–water partition coefficient (Wildman–Crippen LogP) is 3.87. The van der Waals surface area contributed by atoms with Crippen molar-refractivity contribution in [2.75, 3.05) is 31.5 Å². The molecule has 0 bridgehead atoms. The van der Waals surface area contributed by atoms with Gasteiger partial charge in [0, 0.05) is 44.4 Å². The summed E-state index contributed by atoms with van der Waals surface area (Å²) in [5.41, 5.74) is 0.951. The highest BCUT2D eigenvalue weighted by molar-refractivity contribution is 6.00. The molecule has 1 amide bonds. The van der Waals surface area contributed by atoms with Crippen molar-refractivity contribution in [1.29, 1.82) is 0 Å². The molecule has 0 aliphatic carbocycles. The monoisotopic (exact) mass is 404 g/mol. The lowest BCUT2D eigenvalue weighted by Gasteiger charge is -2.36. The van der Waals surface area contributed by atoms with Crippen molar-refractivity contribution in [2.45, 2.75) is 19.8 Å². The molecule has 1 fully saturated rings. The van der Waals surface area contributed by atoms with Crippen LogP contribution < -0.4 is 5.32 Å². The Labute approximate surface area is 169 Å². The molecule has 0 spiro atoms. The SMILES string of the molecule is C=CC(=O)N1CCN(/C(=N/C=C(\C)O)C(=C)Nc2ccc(C(C)(F)F)cc2)CC1. The summed E-state index contributed by atoms with van der Waals surface area (Å²) in [6.45, 7) is 11.9. The summed E-state index contributed by atoms with van der Waals surface area (Å²) in [7, 11) is 0. The topological polar surface area (TPSA) is 68.2 Å². The number of nitrogens with one attached hydrogen (secondary N) is 1. The molecule has 1 aliphatic rings. The van der Waals surface area contributed by atoms with E-state index in [4.69, 9.17) is 0 Å². The number of hydrogen-bond donors (Lipinski definition) is 2. The second kappa shape index (κ2) is 9.36. The summed E-state index contributed by atoms with van der Waals surface area (Å²) in [6.07, 6.45) is 2.59. The van der Waals surface area contributed by atoms with Crippen LogP contribution in [0.15, 0.2) is 66.1 Å². The van der Waals surface area contributed by atoms with Crippen LogP contribution in [0.5, 0.6) is 0 Å². The maximum absolute atomic E-state index is 13.4. The van der Waals surface area contributed by atoms with Gasteiger partial charge in [-0.05, 0) is 25.1 Å². The van der Waals surface area contributed by atoms with Crippen LogP contribution in [0.4, 0.5) is 14.5 Å². The molecule has 1 aromatic rings. The van der Waals surface area contributed by atoms with E-state index < -0.39 is 5.92 Å². The van der Waals surface area contributed by atoms with Gasteiger partial charge in [-0.15, -0.1) is 0 Å². The first-order valence-electron chi connectivity index (χ1n) is 9.16. The van der Waals surface area contributed by atoms with E-state index in [9.17, 15) is 18.7 Å². The average molecular weight is 404 g/mol. The number of alkyl halides is 2. The van der Waals surface area contributed by atoms with Gasteiger partial charge in [0.1, 0.15) is 5.76 Å². The number of piperazine rings is 1. The average Bonchev–Trinajstić information content (AvgIpc) is 2.67. The highest BCUT2D eigenvalue weighted by Crippen LogP contribution is 2.28. The van der Waals surface area contributed by atoms with E-state index in [2.05, 4.69) is 23.5 Å². The zero-order valence-electron chi connectivity index (χ0n) is 16.7. The summed E-state index contributed by atoms with van der Waals surface area (Å²) in [4.78, 5) is 19.7. The molecule has 1 aliphatic heterocycles. The molecule has 1 saturated heterocycles. The Bertz CT molecular complexity index is 814. The van der Waals surface area contributed by atoms with Crippen LogP contribution in [0.3, 0.4) is 0 Å². The number of amidine groups is 1. The molecule has 2 N–H and O–H groups in total. The third-order valence-corrected chi connectivity index (χ3v) is 4.40. The van der Waals surface area contributed by atoms with Crippen LogP contribution in [0.1, 0.15) is 19.4 Å². The molecule has 6 nitrogen and oxygen atoms in total. The van der Waals surface area contributed by atoms with E-state index in [1.165, 1.54) is 31.3 Å². The van der Waals surface area contributed by atoms with Gasteiger partial charge >= 0.3 is 0 Å². The van der Waals surface area contributed by atoms with Crippen molar-refractivity contribution in [1.82, 2.24) is 9.80 Å². The van der Waals surface area contributed by atoms with E-state index in [0.717, 1.165) is 6.92 Å². The number of aliphatic hydroxyl groups excluding tert-OH is 1. The maximum Gasteiger partial charge on any atom is 0.270 e. The van der Waals surface area contributed by atoms with Gasteiger partial charge in [0.25, 0.3) is 5.92 Å². The number of rotatable bonds is 6.